The van der Waals surface area contributed by atoms with E-state index >= 15 is 0 Å². The summed E-state index contributed by atoms with van der Waals surface area (Å²) in [6, 6.07) is 4.04. The monoisotopic (exact) mass is 215 g/mol. The Bertz CT molecular complexity index is 555. The van der Waals surface area contributed by atoms with E-state index in [2.05, 4.69) is 16.2 Å². The van der Waals surface area contributed by atoms with Crippen LogP contribution in [-0.4, -0.2) is 19.3 Å². The number of rotatable bonds is 2. The average molecular weight is 215 g/mol. The Balaban J connectivity index is 2.38. The number of nitriles is 1. The van der Waals surface area contributed by atoms with Crippen LogP contribution < -0.4 is 0 Å². The molecule has 0 aliphatic rings. The van der Waals surface area contributed by atoms with Crippen molar-refractivity contribution in [2.45, 2.75) is 20.4 Å². The van der Waals surface area contributed by atoms with Crippen molar-refractivity contribution < 1.29 is 0 Å². The van der Waals surface area contributed by atoms with Crippen molar-refractivity contribution in [3.8, 4) is 6.07 Å². The van der Waals surface area contributed by atoms with E-state index in [0.29, 0.717) is 12.4 Å². The van der Waals surface area contributed by atoms with Gasteiger partial charge in [0.05, 0.1) is 17.9 Å². The summed E-state index contributed by atoms with van der Waals surface area (Å²) in [6.07, 6.45) is 1.89. The highest BCUT2D eigenvalue weighted by atomic mass is 15.3. The lowest BCUT2D eigenvalue weighted by Gasteiger charge is -2.03. The molecule has 0 amide bonds. The third kappa shape index (κ3) is 1.70. The first-order valence-corrected chi connectivity index (χ1v) is 5.04. The normalized spacial score (nSPS) is 10.4. The van der Waals surface area contributed by atoms with Gasteiger partial charge in [0, 0.05) is 18.9 Å². The van der Waals surface area contributed by atoms with Crippen LogP contribution in [0.5, 0.6) is 0 Å². The minimum atomic E-state index is 0.445. The quantitative estimate of drug-likeness (QED) is 0.755. The van der Waals surface area contributed by atoms with Crippen molar-refractivity contribution in [3.05, 3.63) is 35.2 Å². The fraction of sp³-hybridized carbons (Fsp3) is 0.364. The molecule has 0 spiro atoms. The van der Waals surface area contributed by atoms with E-state index in [1.54, 1.807) is 4.68 Å². The molecule has 5 heteroatoms. The van der Waals surface area contributed by atoms with Crippen molar-refractivity contribution in [3.63, 3.8) is 0 Å². The second kappa shape index (κ2) is 3.81. The predicted octanol–water partition coefficient (Wildman–Crippen LogP) is 1.15. The molecular formula is C11H13N5. The van der Waals surface area contributed by atoms with Crippen LogP contribution in [0.2, 0.25) is 0 Å². The average Bonchev–Trinajstić information content (AvgIpc) is 2.77. The van der Waals surface area contributed by atoms with Crippen LogP contribution in [0.15, 0.2) is 12.3 Å². The molecule has 2 rings (SSSR count). The fourth-order valence-corrected chi connectivity index (χ4v) is 1.64. The topological polar surface area (TPSA) is 59.4 Å². The summed E-state index contributed by atoms with van der Waals surface area (Å²) in [4.78, 5) is 4.20. The van der Waals surface area contributed by atoms with E-state index in [1.807, 2.05) is 37.7 Å². The predicted molar refractivity (Wildman–Crippen MR) is 58.7 cm³/mol. The van der Waals surface area contributed by atoms with Gasteiger partial charge in [0.25, 0.3) is 0 Å². The molecule has 0 aliphatic heterocycles. The lowest BCUT2D eigenvalue weighted by Crippen LogP contribution is -2.06. The van der Waals surface area contributed by atoms with Gasteiger partial charge in [-0.1, -0.05) is 0 Å². The summed E-state index contributed by atoms with van der Waals surface area (Å²) < 4.78 is 3.64. The standard InChI is InChI=1S/C11H13N5/c1-8-9(2)16(11(6-12)13-8)7-10-4-5-15(3)14-10/h4-5H,7H2,1-3H3. The van der Waals surface area contributed by atoms with E-state index in [1.165, 1.54) is 0 Å². The second-order valence-electron chi connectivity index (χ2n) is 3.78. The van der Waals surface area contributed by atoms with Crippen molar-refractivity contribution in [1.29, 1.82) is 5.26 Å². The molecule has 0 bridgehead atoms. The van der Waals surface area contributed by atoms with Gasteiger partial charge >= 0.3 is 0 Å². The number of hydrogen-bond acceptors (Lipinski definition) is 3. The molecule has 0 N–H and O–H groups in total. The number of imidazole rings is 1. The summed E-state index contributed by atoms with van der Waals surface area (Å²) in [5, 5.41) is 13.3. The van der Waals surface area contributed by atoms with Gasteiger partial charge in [-0.25, -0.2) is 4.98 Å². The Morgan fingerprint density at radius 1 is 1.44 bits per heavy atom. The molecule has 0 saturated carbocycles. The molecular weight excluding hydrogens is 202 g/mol. The minimum Gasteiger partial charge on any atom is -0.314 e. The molecule has 82 valence electrons. The molecule has 16 heavy (non-hydrogen) atoms. The molecule has 0 saturated heterocycles. The van der Waals surface area contributed by atoms with Gasteiger partial charge in [0.2, 0.25) is 5.82 Å². The lowest BCUT2D eigenvalue weighted by molar-refractivity contribution is 0.690. The highest BCUT2D eigenvalue weighted by Gasteiger charge is 2.11. The first-order chi connectivity index (χ1) is 7.61. The van der Waals surface area contributed by atoms with Gasteiger partial charge in [-0.3, -0.25) is 4.68 Å². The molecule has 0 aliphatic carbocycles. The maximum Gasteiger partial charge on any atom is 0.213 e. The molecule has 0 radical (unpaired) electrons. The summed E-state index contributed by atoms with van der Waals surface area (Å²) in [7, 11) is 1.88. The smallest absolute Gasteiger partial charge is 0.213 e. The number of aromatic nitrogens is 4. The third-order valence-corrected chi connectivity index (χ3v) is 2.65. The van der Waals surface area contributed by atoms with Gasteiger partial charge in [0.1, 0.15) is 6.07 Å². The summed E-state index contributed by atoms with van der Waals surface area (Å²) in [5.74, 6) is 0.445. The van der Waals surface area contributed by atoms with E-state index in [-0.39, 0.29) is 0 Å². The van der Waals surface area contributed by atoms with Crippen LogP contribution in [-0.2, 0) is 13.6 Å². The fourth-order valence-electron chi connectivity index (χ4n) is 1.64. The first kappa shape index (κ1) is 10.4. The number of hydrogen-bond donors (Lipinski definition) is 0. The molecule has 0 atom stereocenters. The molecule has 0 fully saturated rings. The highest BCUT2D eigenvalue weighted by molar-refractivity contribution is 5.23. The molecule has 2 aromatic heterocycles. The van der Waals surface area contributed by atoms with E-state index in [4.69, 9.17) is 5.26 Å². The van der Waals surface area contributed by atoms with E-state index < -0.39 is 0 Å². The van der Waals surface area contributed by atoms with Crippen LogP contribution in [0.4, 0.5) is 0 Å². The van der Waals surface area contributed by atoms with Crippen LogP contribution in [0.25, 0.3) is 0 Å². The molecule has 2 aromatic rings. The summed E-state index contributed by atoms with van der Waals surface area (Å²) >= 11 is 0. The minimum absolute atomic E-state index is 0.445. The van der Waals surface area contributed by atoms with Crippen LogP contribution in [0.3, 0.4) is 0 Å². The lowest BCUT2D eigenvalue weighted by atomic mass is 10.3. The van der Waals surface area contributed by atoms with Gasteiger partial charge < -0.3 is 4.57 Å². The van der Waals surface area contributed by atoms with Crippen molar-refractivity contribution in [2.24, 2.45) is 7.05 Å². The summed E-state index contributed by atoms with van der Waals surface area (Å²) in [6.45, 7) is 4.47. The Labute approximate surface area is 94.0 Å². The Morgan fingerprint density at radius 2 is 2.19 bits per heavy atom. The largest absolute Gasteiger partial charge is 0.314 e. The van der Waals surface area contributed by atoms with Crippen LogP contribution in [0, 0.1) is 25.2 Å². The highest BCUT2D eigenvalue weighted by Crippen LogP contribution is 2.11. The van der Waals surface area contributed by atoms with Gasteiger partial charge in [-0.15, -0.1) is 0 Å². The Kier molecular flexibility index (Phi) is 2.49. The zero-order valence-corrected chi connectivity index (χ0v) is 9.60. The maximum absolute atomic E-state index is 8.98. The van der Waals surface area contributed by atoms with Crippen molar-refractivity contribution in [1.82, 2.24) is 19.3 Å². The second-order valence-corrected chi connectivity index (χ2v) is 3.78. The third-order valence-electron chi connectivity index (χ3n) is 2.65. The zero-order chi connectivity index (χ0) is 11.7. The van der Waals surface area contributed by atoms with Gasteiger partial charge in [0.15, 0.2) is 0 Å². The number of nitrogens with zero attached hydrogens (tertiary/aromatic N) is 5. The zero-order valence-electron chi connectivity index (χ0n) is 9.60. The van der Waals surface area contributed by atoms with E-state index in [9.17, 15) is 0 Å². The molecule has 5 nitrogen and oxygen atoms in total. The van der Waals surface area contributed by atoms with Crippen molar-refractivity contribution in [2.75, 3.05) is 0 Å². The van der Waals surface area contributed by atoms with E-state index in [0.717, 1.165) is 17.1 Å². The molecule has 2 heterocycles. The van der Waals surface area contributed by atoms with Gasteiger partial charge in [-0.2, -0.15) is 10.4 Å². The first-order valence-electron chi connectivity index (χ1n) is 5.04. The summed E-state index contributed by atoms with van der Waals surface area (Å²) in [5.41, 5.74) is 2.84. The van der Waals surface area contributed by atoms with Crippen molar-refractivity contribution >= 4 is 0 Å². The van der Waals surface area contributed by atoms with Crippen LogP contribution >= 0.6 is 0 Å². The molecule has 0 unspecified atom stereocenters. The van der Waals surface area contributed by atoms with Gasteiger partial charge in [-0.05, 0) is 19.9 Å². The molecule has 0 aromatic carbocycles. The van der Waals surface area contributed by atoms with Crippen LogP contribution in [0.1, 0.15) is 22.9 Å². The number of aryl methyl sites for hydroxylation is 2. The maximum atomic E-state index is 8.98. The SMILES string of the molecule is Cc1nc(C#N)n(Cc2ccn(C)n2)c1C. The Morgan fingerprint density at radius 3 is 2.75 bits per heavy atom. The Hall–Kier alpha value is -2.09.